The number of nitrogens with one attached hydrogen (secondary N) is 1. The van der Waals surface area contributed by atoms with Crippen molar-refractivity contribution in [2.24, 2.45) is 0 Å². The van der Waals surface area contributed by atoms with Gasteiger partial charge in [0.2, 0.25) is 0 Å². The van der Waals surface area contributed by atoms with E-state index in [4.69, 9.17) is 25.8 Å². The van der Waals surface area contributed by atoms with Crippen LogP contribution in [0.4, 0.5) is 5.69 Å². The number of benzene rings is 2. The van der Waals surface area contributed by atoms with Gasteiger partial charge in [0.05, 0.1) is 30.0 Å². The molecule has 0 aliphatic carbocycles. The molecule has 0 saturated heterocycles. The Hall–Kier alpha value is -2.40. The Balaban J connectivity index is 1.85. The Morgan fingerprint density at radius 3 is 2.76 bits per heavy atom. The van der Waals surface area contributed by atoms with Crippen LogP contribution in [-0.4, -0.2) is 25.2 Å². The maximum absolute atomic E-state index is 12.7. The van der Waals surface area contributed by atoms with E-state index < -0.39 is 0 Å². The van der Waals surface area contributed by atoms with Crippen LogP contribution in [-0.2, 0) is 0 Å². The first-order valence-corrected chi connectivity index (χ1v) is 8.58. The quantitative estimate of drug-likeness (QED) is 0.868. The Morgan fingerprint density at radius 2 is 1.96 bits per heavy atom. The average Bonchev–Trinajstić information content (AvgIpc) is 2.82. The SMILES string of the molecule is CC(C)Oc1ccccc1NC(=O)c1cc(Cl)c2c(c1)OCCCO2. The summed E-state index contributed by atoms with van der Waals surface area (Å²) < 4.78 is 16.9. The number of anilines is 1. The molecule has 0 atom stereocenters. The van der Waals surface area contributed by atoms with Crippen LogP contribution in [0.3, 0.4) is 0 Å². The Kier molecular flexibility index (Phi) is 5.34. The van der Waals surface area contributed by atoms with Crippen LogP contribution < -0.4 is 19.5 Å². The number of hydrogen-bond acceptors (Lipinski definition) is 4. The third-order valence-corrected chi connectivity index (χ3v) is 3.84. The van der Waals surface area contributed by atoms with E-state index in [0.717, 1.165) is 6.42 Å². The second-order valence-electron chi connectivity index (χ2n) is 5.95. The molecule has 3 rings (SSSR count). The summed E-state index contributed by atoms with van der Waals surface area (Å²) in [7, 11) is 0. The number of ether oxygens (including phenoxy) is 3. The molecule has 0 saturated carbocycles. The Morgan fingerprint density at radius 1 is 1.20 bits per heavy atom. The van der Waals surface area contributed by atoms with Crippen LogP contribution >= 0.6 is 11.6 Å². The van der Waals surface area contributed by atoms with Gasteiger partial charge in [-0.1, -0.05) is 23.7 Å². The highest BCUT2D eigenvalue weighted by Crippen LogP contribution is 2.38. The van der Waals surface area contributed by atoms with Crippen molar-refractivity contribution < 1.29 is 19.0 Å². The first-order chi connectivity index (χ1) is 12.0. The lowest BCUT2D eigenvalue weighted by molar-refractivity contribution is 0.102. The summed E-state index contributed by atoms with van der Waals surface area (Å²) in [5, 5.41) is 3.22. The molecular formula is C19H20ClNO4. The number of carbonyl (C=O) groups is 1. The Labute approximate surface area is 151 Å². The lowest BCUT2D eigenvalue weighted by Gasteiger charge is -2.15. The summed E-state index contributed by atoms with van der Waals surface area (Å²) in [6, 6.07) is 10.5. The normalized spacial score (nSPS) is 13.3. The maximum Gasteiger partial charge on any atom is 0.255 e. The van der Waals surface area contributed by atoms with Gasteiger partial charge in [0.1, 0.15) is 5.75 Å². The summed E-state index contributed by atoms with van der Waals surface area (Å²) in [6.45, 7) is 4.93. The molecule has 0 radical (unpaired) electrons. The fourth-order valence-corrected chi connectivity index (χ4v) is 2.75. The smallest absolute Gasteiger partial charge is 0.255 e. The monoisotopic (exact) mass is 361 g/mol. The van der Waals surface area contributed by atoms with Gasteiger partial charge in [-0.15, -0.1) is 0 Å². The summed E-state index contributed by atoms with van der Waals surface area (Å²) >= 11 is 6.26. The highest BCUT2D eigenvalue weighted by atomic mass is 35.5. The molecule has 1 amide bonds. The highest BCUT2D eigenvalue weighted by Gasteiger charge is 2.19. The average molecular weight is 362 g/mol. The van der Waals surface area contributed by atoms with Crippen molar-refractivity contribution in [3.8, 4) is 17.2 Å². The molecule has 1 N–H and O–H groups in total. The molecule has 6 heteroatoms. The summed E-state index contributed by atoms with van der Waals surface area (Å²) in [6.07, 6.45) is 0.775. The van der Waals surface area contributed by atoms with Crippen LogP contribution in [0, 0.1) is 0 Å². The van der Waals surface area contributed by atoms with Crippen molar-refractivity contribution in [1.82, 2.24) is 0 Å². The molecule has 1 aliphatic rings. The van der Waals surface area contributed by atoms with Crippen LogP contribution in [0.15, 0.2) is 36.4 Å². The minimum absolute atomic E-state index is 0.00513. The van der Waals surface area contributed by atoms with Crippen molar-refractivity contribution in [1.29, 1.82) is 0 Å². The highest BCUT2D eigenvalue weighted by molar-refractivity contribution is 6.32. The van der Waals surface area contributed by atoms with E-state index in [9.17, 15) is 4.79 Å². The van der Waals surface area contributed by atoms with Crippen molar-refractivity contribution in [2.75, 3.05) is 18.5 Å². The van der Waals surface area contributed by atoms with E-state index in [0.29, 0.717) is 46.7 Å². The molecular weight excluding hydrogens is 342 g/mol. The second kappa shape index (κ2) is 7.66. The number of halogens is 1. The van der Waals surface area contributed by atoms with Crippen LogP contribution in [0.1, 0.15) is 30.6 Å². The fourth-order valence-electron chi connectivity index (χ4n) is 2.48. The molecule has 0 aromatic heterocycles. The van der Waals surface area contributed by atoms with Gasteiger partial charge in [0.15, 0.2) is 11.5 Å². The van der Waals surface area contributed by atoms with Gasteiger partial charge in [-0.25, -0.2) is 0 Å². The number of fused-ring (bicyclic) bond motifs is 1. The van der Waals surface area contributed by atoms with Crippen LogP contribution in [0.5, 0.6) is 17.2 Å². The fraction of sp³-hybridized carbons (Fsp3) is 0.316. The van der Waals surface area contributed by atoms with E-state index in [2.05, 4.69) is 5.32 Å². The standard InChI is InChI=1S/C19H20ClNO4/c1-12(2)25-16-7-4-3-6-15(16)21-19(22)13-10-14(20)18-17(11-13)23-8-5-9-24-18/h3-4,6-7,10-12H,5,8-9H2,1-2H3,(H,21,22). The van der Waals surface area contributed by atoms with Gasteiger partial charge in [-0.2, -0.15) is 0 Å². The molecule has 25 heavy (non-hydrogen) atoms. The number of hydrogen-bond donors (Lipinski definition) is 1. The van der Waals surface area contributed by atoms with Gasteiger partial charge >= 0.3 is 0 Å². The number of carbonyl (C=O) groups excluding carboxylic acids is 1. The minimum Gasteiger partial charge on any atom is -0.489 e. The predicted molar refractivity (Wildman–Crippen MR) is 97.2 cm³/mol. The first kappa shape index (κ1) is 17.4. The van der Waals surface area contributed by atoms with Gasteiger partial charge < -0.3 is 19.5 Å². The summed E-state index contributed by atoms with van der Waals surface area (Å²) in [4.78, 5) is 12.7. The third-order valence-electron chi connectivity index (χ3n) is 3.56. The van der Waals surface area contributed by atoms with Crippen LogP contribution in [0.25, 0.3) is 0 Å². The number of amides is 1. The molecule has 132 valence electrons. The molecule has 1 aliphatic heterocycles. The molecule has 2 aromatic rings. The predicted octanol–water partition coefficient (Wildman–Crippen LogP) is 4.54. The first-order valence-electron chi connectivity index (χ1n) is 8.21. The zero-order valence-corrected chi connectivity index (χ0v) is 14.9. The molecule has 2 aromatic carbocycles. The topological polar surface area (TPSA) is 56.8 Å². The third kappa shape index (κ3) is 4.17. The van der Waals surface area contributed by atoms with E-state index in [1.54, 1.807) is 18.2 Å². The van der Waals surface area contributed by atoms with E-state index in [-0.39, 0.29) is 12.0 Å². The van der Waals surface area contributed by atoms with Crippen molar-refractivity contribution in [3.63, 3.8) is 0 Å². The van der Waals surface area contributed by atoms with Gasteiger partial charge in [-0.05, 0) is 38.1 Å². The molecule has 0 spiro atoms. The van der Waals surface area contributed by atoms with Crippen LogP contribution in [0.2, 0.25) is 5.02 Å². The van der Waals surface area contributed by atoms with Gasteiger partial charge in [0.25, 0.3) is 5.91 Å². The lowest BCUT2D eigenvalue weighted by atomic mass is 10.1. The second-order valence-corrected chi connectivity index (χ2v) is 6.36. The molecule has 0 unspecified atom stereocenters. The zero-order valence-electron chi connectivity index (χ0n) is 14.2. The minimum atomic E-state index is -0.294. The van der Waals surface area contributed by atoms with Crippen molar-refractivity contribution >= 4 is 23.2 Å². The largest absolute Gasteiger partial charge is 0.489 e. The van der Waals surface area contributed by atoms with E-state index in [1.165, 1.54) is 0 Å². The van der Waals surface area contributed by atoms with Crippen molar-refractivity contribution in [2.45, 2.75) is 26.4 Å². The summed E-state index contributed by atoms with van der Waals surface area (Å²) in [5.41, 5.74) is 0.998. The molecule has 0 fully saturated rings. The Bertz CT molecular complexity index is 776. The number of para-hydroxylation sites is 2. The molecule has 0 bridgehead atoms. The molecule has 5 nitrogen and oxygen atoms in total. The van der Waals surface area contributed by atoms with E-state index >= 15 is 0 Å². The summed E-state index contributed by atoms with van der Waals surface area (Å²) in [5.74, 6) is 1.30. The van der Waals surface area contributed by atoms with Gasteiger partial charge in [0, 0.05) is 12.0 Å². The maximum atomic E-state index is 12.7. The van der Waals surface area contributed by atoms with E-state index in [1.807, 2.05) is 32.0 Å². The molecule has 1 heterocycles. The van der Waals surface area contributed by atoms with Crippen molar-refractivity contribution in [3.05, 3.63) is 47.0 Å². The number of rotatable bonds is 4. The zero-order chi connectivity index (χ0) is 17.8. The lowest BCUT2D eigenvalue weighted by Crippen LogP contribution is -2.14. The van der Waals surface area contributed by atoms with Gasteiger partial charge in [-0.3, -0.25) is 4.79 Å².